The van der Waals surface area contributed by atoms with Crippen LogP contribution >= 0.6 is 10.7 Å². The van der Waals surface area contributed by atoms with Crippen LogP contribution in [-0.2, 0) is 9.05 Å². The van der Waals surface area contributed by atoms with Crippen molar-refractivity contribution in [2.75, 3.05) is 7.11 Å². The third kappa shape index (κ3) is 3.87. The lowest BCUT2D eigenvalue weighted by molar-refractivity contribution is -0.388. The molecule has 0 bridgehead atoms. The zero-order valence-electron chi connectivity index (χ0n) is 9.47. The minimum absolute atomic E-state index is 0.322. The minimum Gasteiger partial charge on any atom is -0.495 e. The molecule has 0 aliphatic heterocycles. The van der Waals surface area contributed by atoms with Crippen LogP contribution in [0.1, 0.15) is 0 Å². The molecule has 0 aliphatic carbocycles. The molecular formula is C8H5ClF3NO6S. The zero-order valence-corrected chi connectivity index (χ0v) is 11.0. The summed E-state index contributed by atoms with van der Waals surface area (Å²) in [6.07, 6.45) is -5.20. The first-order valence-corrected chi connectivity index (χ1v) is 6.83. The number of ether oxygens (including phenoxy) is 2. The van der Waals surface area contributed by atoms with Gasteiger partial charge in [-0.3, -0.25) is 10.1 Å². The molecule has 0 spiro atoms. The standard InChI is InChI=1S/C8H5ClF3NO6S/c1-18-6-3-5(19-8(10,11)12)4(13(14)15)2-7(6)20(9,16)17/h2-3H,1H3. The summed E-state index contributed by atoms with van der Waals surface area (Å²) in [7, 11) is 1.50. The summed E-state index contributed by atoms with van der Waals surface area (Å²) in [6, 6.07) is 0.739. The van der Waals surface area contributed by atoms with Gasteiger partial charge in [0.15, 0.2) is 0 Å². The molecule has 0 atom stereocenters. The number of halogens is 4. The van der Waals surface area contributed by atoms with Gasteiger partial charge in [-0.1, -0.05) is 0 Å². The van der Waals surface area contributed by atoms with Crippen LogP contribution < -0.4 is 9.47 Å². The molecule has 1 aromatic rings. The summed E-state index contributed by atoms with van der Waals surface area (Å²) in [4.78, 5) is 8.58. The maximum Gasteiger partial charge on any atom is 0.573 e. The fraction of sp³-hybridized carbons (Fsp3) is 0.250. The van der Waals surface area contributed by atoms with Crippen LogP contribution in [-0.4, -0.2) is 26.8 Å². The van der Waals surface area contributed by atoms with Gasteiger partial charge in [0.05, 0.1) is 12.0 Å². The van der Waals surface area contributed by atoms with Gasteiger partial charge in [-0.2, -0.15) is 0 Å². The van der Waals surface area contributed by atoms with Crippen LogP contribution in [0.2, 0.25) is 0 Å². The van der Waals surface area contributed by atoms with Crippen LogP contribution in [0.4, 0.5) is 18.9 Å². The van der Waals surface area contributed by atoms with E-state index in [9.17, 15) is 31.7 Å². The van der Waals surface area contributed by atoms with Crippen molar-refractivity contribution < 1.29 is 36.0 Å². The lowest BCUT2D eigenvalue weighted by atomic mass is 10.3. The number of methoxy groups -OCH3 is 1. The molecule has 0 amide bonds. The van der Waals surface area contributed by atoms with Gasteiger partial charge in [-0.15, -0.1) is 13.2 Å². The van der Waals surface area contributed by atoms with Crippen molar-refractivity contribution >= 4 is 25.4 Å². The molecule has 0 radical (unpaired) electrons. The fourth-order valence-corrected chi connectivity index (χ4v) is 2.23. The summed E-state index contributed by atoms with van der Waals surface area (Å²) >= 11 is 0. The molecule has 1 rings (SSSR count). The Kier molecular flexibility index (Phi) is 4.34. The molecule has 7 nitrogen and oxygen atoms in total. The molecule has 112 valence electrons. The van der Waals surface area contributed by atoms with Crippen molar-refractivity contribution in [2.45, 2.75) is 11.3 Å². The Hall–Kier alpha value is -1.75. The summed E-state index contributed by atoms with van der Waals surface area (Å²) < 4.78 is 66.7. The topological polar surface area (TPSA) is 95.7 Å². The van der Waals surface area contributed by atoms with E-state index >= 15 is 0 Å². The Labute approximate surface area is 114 Å². The number of hydrogen-bond acceptors (Lipinski definition) is 6. The summed E-state index contributed by atoms with van der Waals surface area (Å²) in [6.45, 7) is 0. The molecule has 0 heterocycles. The van der Waals surface area contributed by atoms with Gasteiger partial charge in [-0.25, -0.2) is 8.42 Å². The van der Waals surface area contributed by atoms with E-state index in [1.807, 2.05) is 0 Å². The van der Waals surface area contributed by atoms with Crippen molar-refractivity contribution in [3.05, 3.63) is 22.2 Å². The highest BCUT2D eigenvalue weighted by Crippen LogP contribution is 2.40. The van der Waals surface area contributed by atoms with Crippen LogP contribution in [0, 0.1) is 10.1 Å². The molecule has 0 N–H and O–H groups in total. The van der Waals surface area contributed by atoms with Gasteiger partial charge >= 0.3 is 12.0 Å². The lowest BCUT2D eigenvalue weighted by Gasteiger charge is -2.12. The summed E-state index contributed by atoms with van der Waals surface area (Å²) in [5, 5.41) is 10.7. The minimum atomic E-state index is -5.20. The number of rotatable bonds is 4. The molecule has 0 saturated carbocycles. The molecule has 20 heavy (non-hydrogen) atoms. The second kappa shape index (κ2) is 5.32. The largest absolute Gasteiger partial charge is 0.573 e. The molecule has 0 saturated heterocycles. The van der Waals surface area contributed by atoms with E-state index in [0.29, 0.717) is 12.1 Å². The van der Waals surface area contributed by atoms with Gasteiger partial charge < -0.3 is 9.47 Å². The average molecular weight is 336 g/mol. The van der Waals surface area contributed by atoms with E-state index in [1.165, 1.54) is 0 Å². The monoisotopic (exact) mass is 335 g/mol. The molecule has 0 aromatic heterocycles. The van der Waals surface area contributed by atoms with Crippen LogP contribution in [0.3, 0.4) is 0 Å². The number of hydrogen-bond donors (Lipinski definition) is 0. The number of nitro groups is 1. The molecule has 0 unspecified atom stereocenters. The Morgan fingerprint density at radius 2 is 1.85 bits per heavy atom. The van der Waals surface area contributed by atoms with E-state index in [1.54, 1.807) is 0 Å². The molecule has 12 heteroatoms. The van der Waals surface area contributed by atoms with E-state index in [4.69, 9.17) is 10.7 Å². The quantitative estimate of drug-likeness (QED) is 0.476. The first-order chi connectivity index (χ1) is 8.95. The summed E-state index contributed by atoms with van der Waals surface area (Å²) in [5.41, 5.74) is -1.22. The Balaban J connectivity index is 3.58. The normalized spacial score (nSPS) is 12.1. The average Bonchev–Trinajstić information content (AvgIpc) is 2.24. The highest BCUT2D eigenvalue weighted by atomic mass is 35.7. The van der Waals surface area contributed by atoms with Crippen molar-refractivity contribution in [1.29, 1.82) is 0 Å². The van der Waals surface area contributed by atoms with E-state index in [2.05, 4.69) is 9.47 Å². The summed E-state index contributed by atoms with van der Waals surface area (Å²) in [5.74, 6) is -1.84. The zero-order chi connectivity index (χ0) is 15.7. The van der Waals surface area contributed by atoms with Crippen molar-refractivity contribution in [3.8, 4) is 11.5 Å². The van der Waals surface area contributed by atoms with Crippen LogP contribution in [0.25, 0.3) is 0 Å². The van der Waals surface area contributed by atoms with Gasteiger partial charge in [-0.05, 0) is 0 Å². The molecular weight excluding hydrogens is 331 g/mol. The first kappa shape index (κ1) is 16.3. The lowest BCUT2D eigenvalue weighted by Crippen LogP contribution is -2.18. The van der Waals surface area contributed by atoms with Crippen molar-refractivity contribution in [2.24, 2.45) is 0 Å². The first-order valence-electron chi connectivity index (χ1n) is 4.52. The van der Waals surface area contributed by atoms with Gasteiger partial charge in [0.1, 0.15) is 10.6 Å². The second-order valence-electron chi connectivity index (χ2n) is 3.21. The molecule has 0 fully saturated rings. The smallest absolute Gasteiger partial charge is 0.495 e. The Bertz CT molecular complexity index is 644. The number of alkyl halides is 3. The maximum atomic E-state index is 12.1. The number of nitro benzene ring substituents is 1. The van der Waals surface area contributed by atoms with Gasteiger partial charge in [0.25, 0.3) is 9.05 Å². The van der Waals surface area contributed by atoms with Crippen molar-refractivity contribution in [3.63, 3.8) is 0 Å². The third-order valence-electron chi connectivity index (χ3n) is 1.93. The highest BCUT2D eigenvalue weighted by molar-refractivity contribution is 8.13. The maximum absolute atomic E-state index is 12.1. The van der Waals surface area contributed by atoms with E-state index < -0.39 is 42.4 Å². The van der Waals surface area contributed by atoms with Crippen molar-refractivity contribution in [1.82, 2.24) is 0 Å². The van der Waals surface area contributed by atoms with Gasteiger partial charge in [0.2, 0.25) is 5.75 Å². The van der Waals surface area contributed by atoms with Crippen LogP contribution in [0.15, 0.2) is 17.0 Å². The highest BCUT2D eigenvalue weighted by Gasteiger charge is 2.36. The number of benzene rings is 1. The second-order valence-corrected chi connectivity index (χ2v) is 5.75. The van der Waals surface area contributed by atoms with E-state index in [-0.39, 0.29) is 0 Å². The molecule has 1 aromatic carbocycles. The molecule has 0 aliphatic rings. The predicted octanol–water partition coefficient (Wildman–Crippen LogP) is 2.43. The Morgan fingerprint density at radius 3 is 2.20 bits per heavy atom. The van der Waals surface area contributed by atoms with Gasteiger partial charge in [0, 0.05) is 22.8 Å². The fourth-order valence-electron chi connectivity index (χ4n) is 1.23. The Morgan fingerprint density at radius 1 is 1.30 bits per heavy atom. The third-order valence-corrected chi connectivity index (χ3v) is 3.27. The predicted molar refractivity (Wildman–Crippen MR) is 59.4 cm³/mol. The van der Waals surface area contributed by atoms with Crippen LogP contribution in [0.5, 0.6) is 11.5 Å². The van der Waals surface area contributed by atoms with E-state index in [0.717, 1.165) is 7.11 Å². The number of nitrogens with zero attached hydrogens (tertiary/aromatic N) is 1. The SMILES string of the molecule is COc1cc(OC(F)(F)F)c([N+](=O)[O-])cc1S(=O)(=O)Cl.